The molecule has 9 heteroatoms. The monoisotopic (exact) mass is 482 g/mol. The van der Waals surface area contributed by atoms with E-state index >= 15 is 0 Å². The molecule has 0 radical (unpaired) electrons. The summed E-state index contributed by atoms with van der Waals surface area (Å²) in [5, 5.41) is 14.9. The van der Waals surface area contributed by atoms with Crippen LogP contribution in [-0.2, 0) is 17.8 Å². The van der Waals surface area contributed by atoms with Gasteiger partial charge in [-0.1, -0.05) is 48.0 Å². The van der Waals surface area contributed by atoms with Gasteiger partial charge in [0.2, 0.25) is 0 Å². The second-order valence-electron chi connectivity index (χ2n) is 7.29. The van der Waals surface area contributed by atoms with Gasteiger partial charge in [0.15, 0.2) is 0 Å². The van der Waals surface area contributed by atoms with Crippen LogP contribution in [0.25, 0.3) is 0 Å². The van der Waals surface area contributed by atoms with Crippen LogP contribution in [0.4, 0.5) is 4.79 Å². The normalized spacial score (nSPS) is 11.2. The van der Waals surface area contributed by atoms with Crippen molar-refractivity contribution in [1.82, 2.24) is 10.6 Å². The first-order chi connectivity index (χ1) is 16.4. The smallest absolute Gasteiger partial charge is 0.412 e. The summed E-state index contributed by atoms with van der Waals surface area (Å²) in [6, 6.07) is 18.9. The van der Waals surface area contributed by atoms with Gasteiger partial charge in [0.1, 0.15) is 17.5 Å². The summed E-state index contributed by atoms with van der Waals surface area (Å²) >= 11 is 6.01. The molecule has 0 spiro atoms. The van der Waals surface area contributed by atoms with E-state index in [2.05, 4.69) is 10.6 Å². The SMILES string of the molecule is COc1cccc(CNC(=O)Oc2ccc(CC(NC(=O)c3ccccc3Cl)C(=O)O)cc2)c1. The summed E-state index contributed by atoms with van der Waals surface area (Å²) in [6.07, 6.45) is -0.598. The maximum Gasteiger partial charge on any atom is 0.412 e. The highest BCUT2D eigenvalue weighted by molar-refractivity contribution is 6.33. The molecule has 2 amide bonds. The van der Waals surface area contributed by atoms with Gasteiger partial charge in [-0.3, -0.25) is 4.79 Å². The number of hydrogen-bond acceptors (Lipinski definition) is 5. The Kier molecular flexibility index (Phi) is 8.48. The number of aliphatic carboxylic acids is 1. The van der Waals surface area contributed by atoms with E-state index in [0.29, 0.717) is 17.1 Å². The van der Waals surface area contributed by atoms with E-state index in [9.17, 15) is 19.5 Å². The molecule has 0 bridgehead atoms. The Morgan fingerprint density at radius 2 is 1.68 bits per heavy atom. The predicted octanol–water partition coefficient (Wildman–Crippen LogP) is 4.06. The van der Waals surface area contributed by atoms with Crippen LogP contribution in [0, 0.1) is 0 Å². The van der Waals surface area contributed by atoms with Crippen LogP contribution >= 0.6 is 11.6 Å². The number of nitrogens with one attached hydrogen (secondary N) is 2. The molecule has 0 aliphatic rings. The molecule has 1 atom stereocenters. The van der Waals surface area contributed by atoms with Crippen molar-refractivity contribution in [1.29, 1.82) is 0 Å². The zero-order valence-corrected chi connectivity index (χ0v) is 19.0. The van der Waals surface area contributed by atoms with E-state index in [1.165, 1.54) is 6.07 Å². The third-order valence-corrected chi connectivity index (χ3v) is 5.20. The number of amides is 2. The Hall–Kier alpha value is -4.04. The van der Waals surface area contributed by atoms with Crippen LogP contribution in [0.2, 0.25) is 5.02 Å². The lowest BCUT2D eigenvalue weighted by molar-refractivity contribution is -0.139. The molecule has 0 heterocycles. The summed E-state index contributed by atoms with van der Waals surface area (Å²) in [5.41, 5.74) is 1.68. The topological polar surface area (TPSA) is 114 Å². The quantitative estimate of drug-likeness (QED) is 0.423. The van der Waals surface area contributed by atoms with Crippen LogP contribution in [0.5, 0.6) is 11.5 Å². The van der Waals surface area contributed by atoms with Crippen molar-refractivity contribution in [3.05, 3.63) is 94.5 Å². The molecule has 3 aromatic carbocycles. The molecule has 3 rings (SSSR count). The number of carbonyl (C=O) groups excluding carboxylic acids is 2. The molecule has 0 saturated carbocycles. The number of carbonyl (C=O) groups is 3. The Bertz CT molecular complexity index is 1170. The first-order valence-electron chi connectivity index (χ1n) is 10.3. The fourth-order valence-corrected chi connectivity index (χ4v) is 3.33. The van der Waals surface area contributed by atoms with Crippen molar-refractivity contribution in [2.45, 2.75) is 19.0 Å². The lowest BCUT2D eigenvalue weighted by atomic mass is 10.1. The largest absolute Gasteiger partial charge is 0.497 e. The summed E-state index contributed by atoms with van der Waals surface area (Å²) in [5.74, 6) is -0.784. The molecular formula is C25H23ClN2O6. The Balaban J connectivity index is 1.55. The standard InChI is InChI=1S/C25H23ClN2O6/c1-33-19-6-4-5-17(13-19)15-27-25(32)34-18-11-9-16(10-12-18)14-22(24(30)31)28-23(29)20-7-2-3-8-21(20)26/h2-13,22H,14-15H2,1H3,(H,27,32)(H,28,29)(H,30,31). The van der Waals surface area contributed by atoms with E-state index in [-0.39, 0.29) is 23.6 Å². The van der Waals surface area contributed by atoms with Crippen molar-refractivity contribution in [2.24, 2.45) is 0 Å². The fourth-order valence-electron chi connectivity index (χ4n) is 3.11. The van der Waals surface area contributed by atoms with Crippen molar-refractivity contribution in [3.8, 4) is 11.5 Å². The highest BCUT2D eigenvalue weighted by Gasteiger charge is 2.22. The maximum atomic E-state index is 12.4. The summed E-state index contributed by atoms with van der Waals surface area (Å²) in [4.78, 5) is 36.2. The highest BCUT2D eigenvalue weighted by Crippen LogP contribution is 2.17. The lowest BCUT2D eigenvalue weighted by Gasteiger charge is -2.15. The van der Waals surface area contributed by atoms with Crippen LogP contribution < -0.4 is 20.1 Å². The zero-order chi connectivity index (χ0) is 24.5. The van der Waals surface area contributed by atoms with Gasteiger partial charge in [0, 0.05) is 13.0 Å². The van der Waals surface area contributed by atoms with Gasteiger partial charge in [0.05, 0.1) is 17.7 Å². The number of benzene rings is 3. The molecule has 0 aliphatic heterocycles. The number of halogens is 1. The highest BCUT2D eigenvalue weighted by atomic mass is 35.5. The first-order valence-corrected chi connectivity index (χ1v) is 10.7. The third-order valence-electron chi connectivity index (χ3n) is 4.87. The number of methoxy groups -OCH3 is 1. The number of ether oxygens (including phenoxy) is 2. The molecule has 3 aromatic rings. The number of carboxylic acids is 1. The molecule has 1 unspecified atom stereocenters. The number of rotatable bonds is 9. The second-order valence-corrected chi connectivity index (χ2v) is 7.69. The minimum Gasteiger partial charge on any atom is -0.497 e. The predicted molar refractivity (Wildman–Crippen MR) is 126 cm³/mol. The van der Waals surface area contributed by atoms with Crippen molar-refractivity contribution >= 4 is 29.6 Å². The van der Waals surface area contributed by atoms with Gasteiger partial charge in [-0.2, -0.15) is 0 Å². The average molecular weight is 483 g/mol. The molecule has 0 saturated heterocycles. The first kappa shape index (κ1) is 24.6. The van der Waals surface area contributed by atoms with Gasteiger partial charge in [0.25, 0.3) is 5.91 Å². The zero-order valence-electron chi connectivity index (χ0n) is 18.3. The molecular weight excluding hydrogens is 460 g/mol. The minimum absolute atomic E-state index is 0.0356. The molecule has 34 heavy (non-hydrogen) atoms. The van der Waals surface area contributed by atoms with Crippen LogP contribution in [-0.4, -0.2) is 36.2 Å². The van der Waals surface area contributed by atoms with Gasteiger partial charge in [-0.05, 0) is 47.5 Å². The van der Waals surface area contributed by atoms with Crippen molar-refractivity contribution in [3.63, 3.8) is 0 Å². The maximum absolute atomic E-state index is 12.4. The van der Waals surface area contributed by atoms with Gasteiger partial charge in [-0.15, -0.1) is 0 Å². The molecule has 176 valence electrons. The Morgan fingerprint density at radius 3 is 2.35 bits per heavy atom. The lowest BCUT2D eigenvalue weighted by Crippen LogP contribution is -2.42. The van der Waals surface area contributed by atoms with Gasteiger partial charge >= 0.3 is 12.1 Å². The molecule has 8 nitrogen and oxygen atoms in total. The average Bonchev–Trinajstić information content (AvgIpc) is 2.83. The summed E-state index contributed by atoms with van der Waals surface area (Å²) in [6.45, 7) is 0.263. The second kappa shape index (κ2) is 11.7. The van der Waals surface area contributed by atoms with Crippen LogP contribution in [0.1, 0.15) is 21.5 Å². The molecule has 0 fully saturated rings. The third kappa shape index (κ3) is 6.98. The molecule has 0 aromatic heterocycles. The number of carboxylic acid groups (broad SMARTS) is 1. The number of hydrogen-bond donors (Lipinski definition) is 3. The van der Waals surface area contributed by atoms with E-state index in [4.69, 9.17) is 21.1 Å². The van der Waals surface area contributed by atoms with Crippen molar-refractivity contribution < 1.29 is 29.0 Å². The summed E-state index contributed by atoms with van der Waals surface area (Å²) < 4.78 is 10.4. The molecule has 0 aliphatic carbocycles. The van der Waals surface area contributed by atoms with Crippen LogP contribution in [0.15, 0.2) is 72.8 Å². The van der Waals surface area contributed by atoms with Gasteiger partial charge in [-0.25, -0.2) is 9.59 Å². The summed E-state index contributed by atoms with van der Waals surface area (Å²) in [7, 11) is 1.57. The van der Waals surface area contributed by atoms with E-state index < -0.39 is 24.0 Å². The minimum atomic E-state index is -1.18. The van der Waals surface area contributed by atoms with E-state index in [1.54, 1.807) is 61.7 Å². The Morgan fingerprint density at radius 1 is 0.941 bits per heavy atom. The Labute approximate surface area is 201 Å². The van der Waals surface area contributed by atoms with Crippen LogP contribution in [0.3, 0.4) is 0 Å². The van der Waals surface area contributed by atoms with E-state index in [0.717, 1.165) is 5.56 Å². The molecule has 3 N–H and O–H groups in total. The fraction of sp³-hybridized carbons (Fsp3) is 0.160. The van der Waals surface area contributed by atoms with E-state index in [1.807, 2.05) is 12.1 Å². The van der Waals surface area contributed by atoms with Crippen molar-refractivity contribution in [2.75, 3.05) is 7.11 Å². The van der Waals surface area contributed by atoms with Gasteiger partial charge < -0.3 is 25.2 Å².